The van der Waals surface area contributed by atoms with Crippen LogP contribution in [0.5, 0.6) is 0 Å². The molecule has 0 aromatic carbocycles. The predicted octanol–water partition coefficient (Wildman–Crippen LogP) is 5.52. The van der Waals surface area contributed by atoms with Crippen LogP contribution < -0.4 is 0 Å². The fraction of sp³-hybridized carbons (Fsp3) is 0.933. The zero-order valence-corrected chi connectivity index (χ0v) is 12.0. The van der Waals surface area contributed by atoms with Gasteiger partial charge in [-0.3, -0.25) is 0 Å². The lowest BCUT2D eigenvalue weighted by Gasteiger charge is -1.93. The molecule has 0 spiro atoms. The van der Waals surface area contributed by atoms with Crippen LogP contribution in [0.3, 0.4) is 0 Å². The fourth-order valence-corrected chi connectivity index (χ4v) is 1.48. The molecule has 0 aliphatic rings. The number of Topliss-reactive ketones (excluding diaryl/α,β-unsaturated/α-hetero) is 1. The van der Waals surface area contributed by atoms with Crippen LogP contribution in [0, 0.1) is 0 Å². The Morgan fingerprint density at radius 2 is 1.06 bits per heavy atom. The number of rotatable bonds is 9. The van der Waals surface area contributed by atoms with Crippen LogP contribution in [0.1, 0.15) is 91.9 Å². The van der Waals surface area contributed by atoms with E-state index in [1.165, 1.54) is 51.4 Å². The molecule has 0 aromatic heterocycles. The molecule has 0 atom stereocenters. The second-order valence-corrected chi connectivity index (χ2v) is 4.57. The maximum Gasteiger partial charge on any atom is 0.129 e. The average Bonchev–Trinajstić information content (AvgIpc) is 2.25. The van der Waals surface area contributed by atoms with Gasteiger partial charge < -0.3 is 4.79 Å². The molecule has 98 valence electrons. The molecule has 16 heavy (non-hydrogen) atoms. The fourth-order valence-electron chi connectivity index (χ4n) is 1.48. The first-order valence-electron chi connectivity index (χ1n) is 7.18. The van der Waals surface area contributed by atoms with Gasteiger partial charge in [-0.15, -0.1) is 0 Å². The maximum absolute atomic E-state index is 10.3. The average molecular weight is 228 g/mol. The first-order chi connectivity index (χ1) is 7.68. The summed E-state index contributed by atoms with van der Waals surface area (Å²) in [4.78, 5) is 10.3. The summed E-state index contributed by atoms with van der Waals surface area (Å²) in [6.07, 6.45) is 12.7. The lowest BCUT2D eigenvalue weighted by molar-refractivity contribution is -0.117. The molecular weight excluding hydrogens is 196 g/mol. The number of carbonyl (C=O) groups is 1. The number of hydrogen-bond donors (Lipinski definition) is 0. The molecule has 1 heteroatoms. The van der Waals surface area contributed by atoms with Crippen LogP contribution >= 0.6 is 0 Å². The zero-order chi connectivity index (χ0) is 12.6. The van der Waals surface area contributed by atoms with Crippen molar-refractivity contribution in [2.24, 2.45) is 0 Å². The van der Waals surface area contributed by atoms with Crippen molar-refractivity contribution in [2.45, 2.75) is 91.9 Å². The summed E-state index contributed by atoms with van der Waals surface area (Å²) < 4.78 is 0. The molecule has 0 fully saturated rings. The van der Waals surface area contributed by atoms with Gasteiger partial charge >= 0.3 is 0 Å². The van der Waals surface area contributed by atoms with E-state index in [0.717, 1.165) is 12.8 Å². The lowest BCUT2D eigenvalue weighted by Crippen LogP contribution is -1.87. The van der Waals surface area contributed by atoms with E-state index >= 15 is 0 Å². The van der Waals surface area contributed by atoms with E-state index in [1.54, 1.807) is 6.92 Å². The Labute approximate surface area is 103 Å². The van der Waals surface area contributed by atoms with E-state index in [9.17, 15) is 4.79 Å². The van der Waals surface area contributed by atoms with Gasteiger partial charge in [0.25, 0.3) is 0 Å². The summed E-state index contributed by atoms with van der Waals surface area (Å²) in [5.41, 5.74) is 0. The molecule has 0 unspecified atom stereocenters. The third-order valence-corrected chi connectivity index (χ3v) is 2.59. The van der Waals surface area contributed by atoms with Crippen molar-refractivity contribution in [1.82, 2.24) is 0 Å². The van der Waals surface area contributed by atoms with Crippen molar-refractivity contribution < 1.29 is 4.79 Å². The zero-order valence-electron chi connectivity index (χ0n) is 12.0. The third-order valence-electron chi connectivity index (χ3n) is 2.59. The Kier molecular flexibility index (Phi) is 19.3. The molecule has 0 radical (unpaired) electrons. The predicted molar refractivity (Wildman–Crippen MR) is 73.9 cm³/mol. The van der Waals surface area contributed by atoms with Gasteiger partial charge in [0.05, 0.1) is 0 Å². The van der Waals surface area contributed by atoms with Crippen LogP contribution in [0.4, 0.5) is 0 Å². The van der Waals surface area contributed by atoms with E-state index in [-0.39, 0.29) is 0 Å². The van der Waals surface area contributed by atoms with E-state index in [2.05, 4.69) is 20.8 Å². The van der Waals surface area contributed by atoms with Crippen molar-refractivity contribution >= 4 is 5.78 Å². The molecule has 0 aromatic rings. The van der Waals surface area contributed by atoms with Crippen LogP contribution in [0.15, 0.2) is 0 Å². The summed E-state index contributed by atoms with van der Waals surface area (Å²) in [6.45, 7) is 8.30. The molecule has 0 heterocycles. The summed E-state index contributed by atoms with van der Waals surface area (Å²) in [5, 5.41) is 0. The van der Waals surface area contributed by atoms with Crippen molar-refractivity contribution in [3.63, 3.8) is 0 Å². The topological polar surface area (TPSA) is 17.1 Å². The highest BCUT2D eigenvalue weighted by Gasteiger charge is 1.89. The van der Waals surface area contributed by atoms with Gasteiger partial charge in [-0.1, -0.05) is 72.1 Å². The van der Waals surface area contributed by atoms with Crippen molar-refractivity contribution in [3.05, 3.63) is 0 Å². The van der Waals surface area contributed by atoms with Gasteiger partial charge in [-0.25, -0.2) is 0 Å². The van der Waals surface area contributed by atoms with E-state index in [0.29, 0.717) is 5.78 Å². The van der Waals surface area contributed by atoms with Crippen molar-refractivity contribution in [1.29, 1.82) is 0 Å². The smallest absolute Gasteiger partial charge is 0.129 e. The van der Waals surface area contributed by atoms with Crippen molar-refractivity contribution in [2.75, 3.05) is 0 Å². The molecular formula is C15H32O. The molecule has 0 amide bonds. The molecule has 0 N–H and O–H groups in total. The highest BCUT2D eigenvalue weighted by Crippen LogP contribution is 2.03. The Bertz CT molecular complexity index is 123. The van der Waals surface area contributed by atoms with E-state index < -0.39 is 0 Å². The SMILES string of the molecule is CCCCCC(C)=O.CCCCCCCC. The summed E-state index contributed by atoms with van der Waals surface area (Å²) >= 11 is 0. The van der Waals surface area contributed by atoms with Gasteiger partial charge in [-0.05, 0) is 13.3 Å². The lowest BCUT2D eigenvalue weighted by atomic mass is 10.1. The van der Waals surface area contributed by atoms with Crippen molar-refractivity contribution in [3.8, 4) is 0 Å². The van der Waals surface area contributed by atoms with Crippen LogP contribution in [0.2, 0.25) is 0 Å². The molecule has 1 nitrogen and oxygen atoms in total. The maximum atomic E-state index is 10.3. The quantitative estimate of drug-likeness (QED) is 0.475. The Balaban J connectivity index is 0. The van der Waals surface area contributed by atoms with Crippen LogP contribution in [0.25, 0.3) is 0 Å². The van der Waals surface area contributed by atoms with Gasteiger partial charge in [0.2, 0.25) is 0 Å². The number of carbonyl (C=O) groups excluding carboxylic acids is 1. The largest absolute Gasteiger partial charge is 0.300 e. The van der Waals surface area contributed by atoms with E-state index in [1.807, 2.05) is 0 Å². The minimum Gasteiger partial charge on any atom is -0.300 e. The second-order valence-electron chi connectivity index (χ2n) is 4.57. The van der Waals surface area contributed by atoms with Gasteiger partial charge in [0, 0.05) is 6.42 Å². The molecule has 0 aliphatic carbocycles. The first-order valence-corrected chi connectivity index (χ1v) is 7.18. The van der Waals surface area contributed by atoms with Crippen LogP contribution in [-0.2, 0) is 4.79 Å². The summed E-state index contributed by atoms with van der Waals surface area (Å²) in [6, 6.07) is 0. The molecule has 0 rings (SSSR count). The highest BCUT2D eigenvalue weighted by atomic mass is 16.1. The second kappa shape index (κ2) is 17.1. The minimum absolute atomic E-state index is 0.318. The number of hydrogen-bond acceptors (Lipinski definition) is 1. The van der Waals surface area contributed by atoms with Gasteiger partial charge in [0.15, 0.2) is 0 Å². The van der Waals surface area contributed by atoms with Gasteiger partial charge in [0.1, 0.15) is 5.78 Å². The Morgan fingerprint density at radius 3 is 1.38 bits per heavy atom. The molecule has 0 saturated carbocycles. The number of ketones is 1. The summed E-state index contributed by atoms with van der Waals surface area (Å²) in [7, 11) is 0. The number of unbranched alkanes of at least 4 members (excludes halogenated alkanes) is 7. The third kappa shape index (κ3) is 23.5. The highest BCUT2D eigenvalue weighted by molar-refractivity contribution is 5.75. The normalized spacial score (nSPS) is 9.50. The minimum atomic E-state index is 0.318. The molecule has 0 saturated heterocycles. The van der Waals surface area contributed by atoms with E-state index in [4.69, 9.17) is 0 Å². The Hall–Kier alpha value is -0.330. The molecule has 0 aliphatic heterocycles. The Morgan fingerprint density at radius 1 is 0.688 bits per heavy atom. The van der Waals surface area contributed by atoms with Crippen LogP contribution in [-0.4, -0.2) is 5.78 Å². The molecule has 0 bridgehead atoms. The monoisotopic (exact) mass is 228 g/mol. The first kappa shape index (κ1) is 18.0. The van der Waals surface area contributed by atoms with Gasteiger partial charge in [-0.2, -0.15) is 0 Å². The summed E-state index contributed by atoms with van der Waals surface area (Å²) in [5.74, 6) is 0.318. The standard InChI is InChI=1S/C8H18.C7H14O/c1-3-5-7-8-6-4-2;1-3-4-5-6-7(2)8/h3-8H2,1-2H3;3-6H2,1-2H3.